The molecule has 4 aromatic heterocycles. The van der Waals surface area contributed by atoms with Gasteiger partial charge in [0.1, 0.15) is 5.82 Å². The molecule has 7 heteroatoms. The molecule has 0 unspecified atom stereocenters. The maximum atomic E-state index is 4.93. The Kier molecular flexibility index (Phi) is 4.73. The standard InChI is InChI=1S/C24H27N7/c1-15(2)21-13-27-24-23(29-22(14-31(21)24)30-10-9-25-17(30)4)28-16(3)11-18-12-26-20-8-6-5-7-19(18)20/h5-10,12-16,26H,11H2,1-4H3,(H,28,29)/t16-/m1/s1. The summed E-state index contributed by atoms with van der Waals surface area (Å²) < 4.78 is 4.15. The number of nitrogens with zero attached hydrogens (tertiary/aromatic N) is 5. The second-order valence-electron chi connectivity index (χ2n) is 8.43. The van der Waals surface area contributed by atoms with Gasteiger partial charge in [-0.15, -0.1) is 0 Å². The van der Waals surface area contributed by atoms with Crippen molar-refractivity contribution in [2.45, 2.75) is 46.1 Å². The minimum atomic E-state index is 0.175. The molecule has 0 aliphatic rings. The van der Waals surface area contributed by atoms with E-state index in [4.69, 9.17) is 9.97 Å². The van der Waals surface area contributed by atoms with Gasteiger partial charge in [0.25, 0.3) is 0 Å². The predicted octanol–water partition coefficient (Wildman–Crippen LogP) is 4.87. The van der Waals surface area contributed by atoms with E-state index in [1.165, 1.54) is 10.9 Å². The maximum Gasteiger partial charge on any atom is 0.180 e. The Morgan fingerprint density at radius 1 is 1.13 bits per heavy atom. The number of hydrogen-bond acceptors (Lipinski definition) is 4. The van der Waals surface area contributed by atoms with E-state index < -0.39 is 0 Å². The fourth-order valence-corrected chi connectivity index (χ4v) is 4.17. The highest BCUT2D eigenvalue weighted by atomic mass is 15.2. The lowest BCUT2D eigenvalue weighted by atomic mass is 10.1. The molecule has 0 aliphatic heterocycles. The van der Waals surface area contributed by atoms with Crippen LogP contribution in [0.5, 0.6) is 0 Å². The van der Waals surface area contributed by atoms with Gasteiger partial charge in [-0.05, 0) is 37.8 Å². The van der Waals surface area contributed by atoms with E-state index in [1.807, 2.05) is 30.1 Å². The van der Waals surface area contributed by atoms with Gasteiger partial charge in [0.15, 0.2) is 17.3 Å². The first-order chi connectivity index (χ1) is 15.0. The lowest BCUT2D eigenvalue weighted by molar-refractivity contribution is 0.778. The van der Waals surface area contributed by atoms with E-state index >= 15 is 0 Å². The second-order valence-corrected chi connectivity index (χ2v) is 8.43. The summed E-state index contributed by atoms with van der Waals surface area (Å²) in [7, 11) is 0. The normalized spacial score (nSPS) is 12.8. The van der Waals surface area contributed by atoms with Crippen molar-refractivity contribution in [1.29, 1.82) is 0 Å². The number of para-hydroxylation sites is 1. The van der Waals surface area contributed by atoms with Gasteiger partial charge >= 0.3 is 0 Å². The number of nitrogens with one attached hydrogen (secondary N) is 2. The molecule has 1 atom stereocenters. The van der Waals surface area contributed by atoms with Crippen LogP contribution in [0.15, 0.2) is 55.2 Å². The molecule has 0 fully saturated rings. The zero-order valence-corrected chi connectivity index (χ0v) is 18.3. The molecule has 0 amide bonds. The third-order valence-corrected chi connectivity index (χ3v) is 5.76. The van der Waals surface area contributed by atoms with Gasteiger partial charge in [-0.25, -0.2) is 15.0 Å². The Labute approximate surface area is 181 Å². The molecule has 0 spiro atoms. The van der Waals surface area contributed by atoms with Crippen molar-refractivity contribution < 1.29 is 0 Å². The Balaban J connectivity index is 1.53. The molecule has 5 rings (SSSR count). The number of rotatable bonds is 6. The first kappa shape index (κ1) is 19.4. The third-order valence-electron chi connectivity index (χ3n) is 5.76. The summed E-state index contributed by atoms with van der Waals surface area (Å²) in [6, 6.07) is 8.58. The highest BCUT2D eigenvalue weighted by molar-refractivity contribution is 5.83. The summed E-state index contributed by atoms with van der Waals surface area (Å²) in [6.07, 6.45) is 10.7. The zero-order chi connectivity index (χ0) is 21.5. The molecule has 158 valence electrons. The minimum absolute atomic E-state index is 0.175. The van der Waals surface area contributed by atoms with Crippen LogP contribution in [0, 0.1) is 6.92 Å². The molecule has 0 bridgehead atoms. The molecule has 5 aromatic rings. The quantitative estimate of drug-likeness (QED) is 0.416. The van der Waals surface area contributed by atoms with Crippen molar-refractivity contribution in [3.8, 4) is 5.82 Å². The number of H-pyrrole nitrogens is 1. The average molecular weight is 414 g/mol. The Bertz CT molecular complexity index is 1360. The zero-order valence-electron chi connectivity index (χ0n) is 18.3. The maximum absolute atomic E-state index is 4.93. The molecule has 0 saturated carbocycles. The SMILES string of the molecule is Cc1nccn1-c1cn2c(C(C)C)cnc2c(N[C@H](C)Cc2c[nH]c3ccccc23)n1. The lowest BCUT2D eigenvalue weighted by Crippen LogP contribution is -2.20. The van der Waals surface area contributed by atoms with Crippen molar-refractivity contribution in [1.82, 2.24) is 28.9 Å². The second kappa shape index (κ2) is 7.58. The predicted molar refractivity (Wildman–Crippen MR) is 124 cm³/mol. The van der Waals surface area contributed by atoms with Gasteiger partial charge in [0, 0.05) is 47.4 Å². The molecule has 31 heavy (non-hydrogen) atoms. The molecule has 1 aromatic carbocycles. The number of aromatic nitrogens is 6. The van der Waals surface area contributed by atoms with Gasteiger partial charge in [-0.3, -0.25) is 8.97 Å². The van der Waals surface area contributed by atoms with Gasteiger partial charge in [0.05, 0.1) is 6.20 Å². The van der Waals surface area contributed by atoms with Crippen LogP contribution >= 0.6 is 0 Å². The molecular formula is C24H27N7. The topological polar surface area (TPSA) is 75.8 Å². The molecule has 2 N–H and O–H groups in total. The fourth-order valence-electron chi connectivity index (χ4n) is 4.17. The monoisotopic (exact) mass is 413 g/mol. The number of benzene rings is 1. The summed E-state index contributed by atoms with van der Waals surface area (Å²) in [5, 5.41) is 4.88. The van der Waals surface area contributed by atoms with Gasteiger partial charge < -0.3 is 10.3 Å². The van der Waals surface area contributed by atoms with E-state index in [1.54, 1.807) is 6.20 Å². The number of anilines is 1. The Morgan fingerprint density at radius 2 is 1.97 bits per heavy atom. The summed E-state index contributed by atoms with van der Waals surface area (Å²) in [5.41, 5.74) is 4.46. The fraction of sp³-hybridized carbons (Fsp3) is 0.292. The lowest BCUT2D eigenvalue weighted by Gasteiger charge is -2.17. The van der Waals surface area contributed by atoms with Crippen molar-refractivity contribution in [3.05, 3.63) is 72.3 Å². The van der Waals surface area contributed by atoms with Crippen LogP contribution in [-0.4, -0.2) is 34.9 Å². The van der Waals surface area contributed by atoms with Crippen LogP contribution in [0.25, 0.3) is 22.4 Å². The van der Waals surface area contributed by atoms with E-state index in [-0.39, 0.29) is 6.04 Å². The molecule has 7 nitrogen and oxygen atoms in total. The number of aromatic amines is 1. The smallest absolute Gasteiger partial charge is 0.180 e. The molecule has 0 aliphatic carbocycles. The largest absolute Gasteiger partial charge is 0.364 e. The molecule has 4 heterocycles. The number of imidazole rings is 2. The molecule has 0 radical (unpaired) electrons. The van der Waals surface area contributed by atoms with E-state index in [2.05, 4.69) is 70.9 Å². The summed E-state index contributed by atoms with van der Waals surface area (Å²) >= 11 is 0. The number of hydrogen-bond donors (Lipinski definition) is 2. The van der Waals surface area contributed by atoms with E-state index in [0.29, 0.717) is 5.92 Å². The Hall–Kier alpha value is -3.61. The van der Waals surface area contributed by atoms with Crippen molar-refractivity contribution in [2.24, 2.45) is 0 Å². The highest BCUT2D eigenvalue weighted by Crippen LogP contribution is 2.25. The van der Waals surface area contributed by atoms with Crippen LogP contribution in [0.1, 0.15) is 43.8 Å². The number of aryl methyl sites for hydroxylation is 1. The van der Waals surface area contributed by atoms with Crippen LogP contribution in [-0.2, 0) is 6.42 Å². The molecule has 0 saturated heterocycles. The number of fused-ring (bicyclic) bond motifs is 2. The van der Waals surface area contributed by atoms with Crippen LogP contribution < -0.4 is 5.32 Å². The highest BCUT2D eigenvalue weighted by Gasteiger charge is 2.17. The van der Waals surface area contributed by atoms with Gasteiger partial charge in [-0.1, -0.05) is 32.0 Å². The minimum Gasteiger partial charge on any atom is -0.364 e. The average Bonchev–Trinajstić information content (AvgIpc) is 3.46. The van der Waals surface area contributed by atoms with Crippen molar-refractivity contribution in [3.63, 3.8) is 0 Å². The first-order valence-corrected chi connectivity index (χ1v) is 10.7. The van der Waals surface area contributed by atoms with Crippen LogP contribution in [0.4, 0.5) is 5.82 Å². The van der Waals surface area contributed by atoms with E-state index in [9.17, 15) is 0 Å². The van der Waals surface area contributed by atoms with E-state index in [0.717, 1.165) is 40.7 Å². The Morgan fingerprint density at radius 3 is 2.74 bits per heavy atom. The van der Waals surface area contributed by atoms with Gasteiger partial charge in [0.2, 0.25) is 0 Å². The van der Waals surface area contributed by atoms with Crippen molar-refractivity contribution in [2.75, 3.05) is 5.32 Å². The first-order valence-electron chi connectivity index (χ1n) is 10.7. The van der Waals surface area contributed by atoms with Crippen LogP contribution in [0.2, 0.25) is 0 Å². The summed E-state index contributed by atoms with van der Waals surface area (Å²) in [4.78, 5) is 17.3. The van der Waals surface area contributed by atoms with Crippen LogP contribution in [0.3, 0.4) is 0 Å². The van der Waals surface area contributed by atoms with Crippen molar-refractivity contribution >= 4 is 22.4 Å². The van der Waals surface area contributed by atoms with Gasteiger partial charge in [-0.2, -0.15) is 0 Å². The summed E-state index contributed by atoms with van der Waals surface area (Å²) in [5.74, 6) is 2.86. The summed E-state index contributed by atoms with van der Waals surface area (Å²) in [6.45, 7) is 8.52. The third kappa shape index (κ3) is 3.46. The molecular weight excluding hydrogens is 386 g/mol.